The van der Waals surface area contributed by atoms with Crippen molar-refractivity contribution in [2.45, 2.75) is 6.92 Å². The Hall–Kier alpha value is -2.08. The van der Waals surface area contributed by atoms with Crippen LogP contribution in [-0.4, -0.2) is 10.9 Å². The Morgan fingerprint density at radius 3 is 2.45 bits per heavy atom. The summed E-state index contributed by atoms with van der Waals surface area (Å²) >= 11 is 5.86. The first kappa shape index (κ1) is 14.3. The summed E-state index contributed by atoms with van der Waals surface area (Å²) in [5, 5.41) is 2.23. The predicted molar refractivity (Wildman–Crippen MR) is 68.3 cm³/mol. The number of aromatic nitrogens is 1. The van der Waals surface area contributed by atoms with E-state index in [4.69, 9.17) is 11.6 Å². The number of rotatable bonds is 2. The van der Waals surface area contributed by atoms with E-state index >= 15 is 0 Å². The van der Waals surface area contributed by atoms with Gasteiger partial charge in [-0.3, -0.25) is 9.78 Å². The molecule has 0 radical (unpaired) electrons. The standard InChI is InChI=1S/C13H8ClF3N2O/c1-6-2-8(14)7(5-18-6)13(20)19-12-4-10(16)9(15)3-11(12)17/h2-5H,1H3,(H,19,20). The highest BCUT2D eigenvalue weighted by atomic mass is 35.5. The average Bonchev–Trinajstić information content (AvgIpc) is 2.35. The van der Waals surface area contributed by atoms with E-state index in [9.17, 15) is 18.0 Å². The van der Waals surface area contributed by atoms with E-state index in [-0.39, 0.29) is 10.6 Å². The van der Waals surface area contributed by atoms with E-state index in [0.717, 1.165) is 0 Å². The molecule has 1 aromatic carbocycles. The van der Waals surface area contributed by atoms with Gasteiger partial charge in [-0.2, -0.15) is 0 Å². The summed E-state index contributed by atoms with van der Waals surface area (Å²) < 4.78 is 39.2. The summed E-state index contributed by atoms with van der Waals surface area (Å²) in [4.78, 5) is 15.8. The average molecular weight is 301 g/mol. The molecule has 0 saturated carbocycles. The highest BCUT2D eigenvalue weighted by molar-refractivity contribution is 6.34. The van der Waals surface area contributed by atoms with Gasteiger partial charge >= 0.3 is 0 Å². The van der Waals surface area contributed by atoms with Crippen LogP contribution in [0.1, 0.15) is 16.1 Å². The molecule has 3 nitrogen and oxygen atoms in total. The lowest BCUT2D eigenvalue weighted by Gasteiger charge is -2.08. The third kappa shape index (κ3) is 2.91. The normalized spacial score (nSPS) is 10.4. The minimum absolute atomic E-state index is 0.00130. The molecule has 104 valence electrons. The Bertz CT molecular complexity index is 692. The Labute approximate surface area is 117 Å². The minimum Gasteiger partial charge on any atom is -0.319 e. The molecule has 1 heterocycles. The van der Waals surface area contributed by atoms with Crippen molar-refractivity contribution in [3.8, 4) is 0 Å². The van der Waals surface area contributed by atoms with Crippen LogP contribution in [0.4, 0.5) is 18.9 Å². The number of hydrogen-bond donors (Lipinski definition) is 1. The van der Waals surface area contributed by atoms with Gasteiger partial charge in [-0.05, 0) is 13.0 Å². The molecule has 1 N–H and O–H groups in total. The van der Waals surface area contributed by atoms with Gasteiger partial charge in [0.25, 0.3) is 5.91 Å². The molecule has 0 atom stereocenters. The van der Waals surface area contributed by atoms with Crippen LogP contribution in [0, 0.1) is 24.4 Å². The van der Waals surface area contributed by atoms with Gasteiger partial charge in [0.05, 0.1) is 16.3 Å². The van der Waals surface area contributed by atoms with Gasteiger partial charge in [0, 0.05) is 24.0 Å². The molecular formula is C13H8ClF3N2O. The SMILES string of the molecule is Cc1cc(Cl)c(C(=O)Nc2cc(F)c(F)cc2F)cn1. The number of carbonyl (C=O) groups is 1. The van der Waals surface area contributed by atoms with E-state index in [2.05, 4.69) is 10.3 Å². The number of hydrogen-bond acceptors (Lipinski definition) is 2. The zero-order chi connectivity index (χ0) is 14.9. The summed E-state index contributed by atoms with van der Waals surface area (Å²) in [7, 11) is 0. The third-order valence-electron chi connectivity index (χ3n) is 2.49. The predicted octanol–water partition coefficient (Wildman–Crippen LogP) is 3.71. The van der Waals surface area contributed by atoms with Crippen LogP contribution < -0.4 is 5.32 Å². The monoisotopic (exact) mass is 300 g/mol. The maximum atomic E-state index is 13.4. The van der Waals surface area contributed by atoms with Crippen molar-refractivity contribution in [3.05, 3.63) is 58.1 Å². The number of anilines is 1. The van der Waals surface area contributed by atoms with E-state index in [0.29, 0.717) is 17.8 Å². The number of nitrogens with one attached hydrogen (secondary N) is 1. The Kier molecular flexibility index (Phi) is 3.94. The molecule has 0 spiro atoms. The summed E-state index contributed by atoms with van der Waals surface area (Å²) in [5.74, 6) is -4.47. The largest absolute Gasteiger partial charge is 0.319 e. The van der Waals surface area contributed by atoms with Crippen LogP contribution in [0.25, 0.3) is 0 Å². The van der Waals surface area contributed by atoms with Gasteiger partial charge in [-0.25, -0.2) is 13.2 Å². The number of benzene rings is 1. The molecule has 0 aliphatic rings. The molecule has 2 rings (SSSR count). The van der Waals surface area contributed by atoms with Gasteiger partial charge in [-0.1, -0.05) is 11.6 Å². The van der Waals surface area contributed by atoms with Crippen LogP contribution in [-0.2, 0) is 0 Å². The lowest BCUT2D eigenvalue weighted by atomic mass is 10.2. The first-order valence-electron chi connectivity index (χ1n) is 5.46. The summed E-state index contributed by atoms with van der Waals surface area (Å²) in [6.07, 6.45) is 1.21. The Morgan fingerprint density at radius 1 is 1.15 bits per heavy atom. The molecule has 20 heavy (non-hydrogen) atoms. The van der Waals surface area contributed by atoms with Crippen LogP contribution >= 0.6 is 11.6 Å². The lowest BCUT2D eigenvalue weighted by Crippen LogP contribution is -2.14. The fourth-order valence-electron chi connectivity index (χ4n) is 1.50. The van der Waals surface area contributed by atoms with Gasteiger partial charge in [-0.15, -0.1) is 0 Å². The molecule has 2 aromatic rings. The zero-order valence-corrected chi connectivity index (χ0v) is 10.9. The number of halogens is 4. The second kappa shape index (κ2) is 5.50. The summed E-state index contributed by atoms with van der Waals surface area (Å²) in [6.45, 7) is 1.68. The van der Waals surface area contributed by atoms with Crippen molar-refractivity contribution in [1.29, 1.82) is 0 Å². The fraction of sp³-hybridized carbons (Fsp3) is 0.0769. The highest BCUT2D eigenvalue weighted by Gasteiger charge is 2.15. The molecule has 1 aromatic heterocycles. The van der Waals surface area contributed by atoms with Gasteiger partial charge in [0.15, 0.2) is 11.6 Å². The number of aryl methyl sites for hydroxylation is 1. The maximum Gasteiger partial charge on any atom is 0.258 e. The number of amides is 1. The first-order valence-corrected chi connectivity index (χ1v) is 5.84. The second-order valence-electron chi connectivity index (χ2n) is 4.01. The first-order chi connectivity index (χ1) is 9.38. The maximum absolute atomic E-state index is 13.4. The van der Waals surface area contributed by atoms with Crippen LogP contribution in [0.5, 0.6) is 0 Å². The van der Waals surface area contributed by atoms with Crippen molar-refractivity contribution in [1.82, 2.24) is 4.98 Å². The zero-order valence-electron chi connectivity index (χ0n) is 10.2. The molecule has 0 bridgehead atoms. The van der Waals surface area contributed by atoms with Crippen LogP contribution in [0.3, 0.4) is 0 Å². The van der Waals surface area contributed by atoms with Crippen molar-refractivity contribution in [2.24, 2.45) is 0 Å². The van der Waals surface area contributed by atoms with Crippen molar-refractivity contribution in [3.63, 3.8) is 0 Å². The van der Waals surface area contributed by atoms with Gasteiger partial charge < -0.3 is 5.32 Å². The highest BCUT2D eigenvalue weighted by Crippen LogP contribution is 2.21. The fourth-order valence-corrected chi connectivity index (χ4v) is 1.79. The number of nitrogens with zero attached hydrogens (tertiary/aromatic N) is 1. The summed E-state index contributed by atoms with van der Waals surface area (Å²) in [6, 6.07) is 2.36. The van der Waals surface area contributed by atoms with Gasteiger partial charge in [0.2, 0.25) is 0 Å². The van der Waals surface area contributed by atoms with Crippen molar-refractivity contribution < 1.29 is 18.0 Å². The molecular weight excluding hydrogens is 293 g/mol. The van der Waals surface area contributed by atoms with Crippen molar-refractivity contribution >= 4 is 23.2 Å². The van der Waals surface area contributed by atoms with E-state index < -0.39 is 29.0 Å². The van der Waals surface area contributed by atoms with Crippen molar-refractivity contribution in [2.75, 3.05) is 5.32 Å². The molecule has 0 fully saturated rings. The molecule has 7 heteroatoms. The molecule has 0 aliphatic carbocycles. The topological polar surface area (TPSA) is 42.0 Å². The second-order valence-corrected chi connectivity index (χ2v) is 4.41. The van der Waals surface area contributed by atoms with E-state index in [1.807, 2.05) is 0 Å². The minimum atomic E-state index is -1.34. The van der Waals surface area contributed by atoms with E-state index in [1.54, 1.807) is 6.92 Å². The number of pyridine rings is 1. The lowest BCUT2D eigenvalue weighted by molar-refractivity contribution is 0.102. The summed E-state index contributed by atoms with van der Waals surface area (Å²) in [5.41, 5.74) is 0.123. The molecule has 1 amide bonds. The molecule has 0 unspecified atom stereocenters. The number of carbonyl (C=O) groups excluding carboxylic acids is 1. The van der Waals surface area contributed by atoms with E-state index in [1.165, 1.54) is 12.3 Å². The van der Waals surface area contributed by atoms with Crippen LogP contribution in [0.2, 0.25) is 5.02 Å². The quantitative estimate of drug-likeness (QED) is 0.859. The smallest absolute Gasteiger partial charge is 0.258 e. The third-order valence-corrected chi connectivity index (χ3v) is 2.81. The van der Waals surface area contributed by atoms with Crippen LogP contribution in [0.15, 0.2) is 24.4 Å². The van der Waals surface area contributed by atoms with Gasteiger partial charge in [0.1, 0.15) is 5.82 Å². The molecule has 0 aliphatic heterocycles. The Morgan fingerprint density at radius 2 is 1.80 bits per heavy atom. The Balaban J connectivity index is 2.30. The molecule has 0 saturated heterocycles.